The van der Waals surface area contributed by atoms with Crippen molar-refractivity contribution in [1.29, 1.82) is 0 Å². The summed E-state index contributed by atoms with van der Waals surface area (Å²) in [6.07, 6.45) is 0. The van der Waals surface area contributed by atoms with Crippen LogP contribution in [0, 0.1) is 20.8 Å². The van der Waals surface area contributed by atoms with Crippen molar-refractivity contribution in [3.8, 4) is 11.5 Å². The standard InChI is InChI=1S/C24H24N2O4S/c1-5-26-20-8-6-7-9-22(20)30-21-11-10-18(14-19(21)24(26)27)25-31(28,29)23-16(3)12-15(2)13-17(23)4/h6-14,25H,5H2,1-4H3. The van der Waals surface area contributed by atoms with Crippen molar-refractivity contribution in [2.45, 2.75) is 32.6 Å². The Bertz CT molecular complexity index is 1280. The van der Waals surface area contributed by atoms with Crippen LogP contribution in [0.3, 0.4) is 0 Å². The van der Waals surface area contributed by atoms with Crippen LogP contribution in [0.15, 0.2) is 59.5 Å². The molecule has 160 valence electrons. The number of hydrogen-bond acceptors (Lipinski definition) is 4. The van der Waals surface area contributed by atoms with Crippen molar-refractivity contribution in [1.82, 2.24) is 0 Å². The van der Waals surface area contributed by atoms with Crippen molar-refractivity contribution < 1.29 is 17.9 Å². The Kier molecular flexibility index (Phi) is 5.23. The monoisotopic (exact) mass is 436 g/mol. The predicted octanol–water partition coefficient (Wildman–Crippen LogP) is 5.19. The second kappa shape index (κ2) is 7.74. The molecule has 31 heavy (non-hydrogen) atoms. The van der Waals surface area contributed by atoms with Gasteiger partial charge in [0.1, 0.15) is 5.75 Å². The fraction of sp³-hybridized carbons (Fsp3) is 0.208. The maximum absolute atomic E-state index is 13.2. The van der Waals surface area contributed by atoms with Gasteiger partial charge in [0.25, 0.3) is 15.9 Å². The van der Waals surface area contributed by atoms with Crippen LogP contribution in [0.5, 0.6) is 11.5 Å². The molecule has 1 aliphatic rings. The zero-order valence-corrected chi connectivity index (χ0v) is 18.7. The third-order valence-corrected chi connectivity index (χ3v) is 6.96. The first-order chi connectivity index (χ1) is 14.7. The number of para-hydroxylation sites is 2. The summed E-state index contributed by atoms with van der Waals surface area (Å²) in [5.41, 5.74) is 3.63. The highest BCUT2D eigenvalue weighted by molar-refractivity contribution is 7.92. The lowest BCUT2D eigenvalue weighted by atomic mass is 10.1. The lowest BCUT2D eigenvalue weighted by Crippen LogP contribution is -2.29. The van der Waals surface area contributed by atoms with Gasteiger partial charge in [-0.3, -0.25) is 9.52 Å². The SMILES string of the molecule is CCN1C(=O)c2cc(NS(=O)(=O)c3c(C)cc(C)cc3C)ccc2Oc2ccccc21. The molecule has 0 spiro atoms. The minimum atomic E-state index is -3.83. The average molecular weight is 437 g/mol. The number of fused-ring (bicyclic) bond motifs is 2. The summed E-state index contributed by atoms with van der Waals surface area (Å²) in [7, 11) is -3.83. The Hall–Kier alpha value is -3.32. The molecule has 7 heteroatoms. The minimum Gasteiger partial charge on any atom is -0.454 e. The number of sulfonamides is 1. The lowest BCUT2D eigenvalue weighted by Gasteiger charge is -2.20. The highest BCUT2D eigenvalue weighted by Crippen LogP contribution is 2.39. The first kappa shape index (κ1) is 20.9. The third kappa shape index (κ3) is 3.77. The number of nitrogens with one attached hydrogen (secondary N) is 1. The van der Waals surface area contributed by atoms with Crippen LogP contribution in [0.4, 0.5) is 11.4 Å². The number of nitrogens with zero attached hydrogens (tertiary/aromatic N) is 1. The number of carbonyl (C=O) groups excluding carboxylic acids is 1. The van der Waals surface area contributed by atoms with Crippen molar-refractivity contribution in [3.05, 3.63) is 76.9 Å². The molecular formula is C24H24N2O4S. The maximum Gasteiger partial charge on any atom is 0.262 e. The number of anilines is 2. The van der Waals surface area contributed by atoms with Gasteiger partial charge < -0.3 is 9.64 Å². The van der Waals surface area contributed by atoms with E-state index in [1.54, 1.807) is 36.9 Å². The van der Waals surface area contributed by atoms with E-state index < -0.39 is 10.0 Å². The molecule has 0 fully saturated rings. The molecule has 3 aromatic rings. The largest absolute Gasteiger partial charge is 0.454 e. The van der Waals surface area contributed by atoms with E-state index in [1.165, 1.54) is 6.07 Å². The van der Waals surface area contributed by atoms with Crippen molar-refractivity contribution >= 4 is 27.3 Å². The molecule has 0 radical (unpaired) electrons. The summed E-state index contributed by atoms with van der Waals surface area (Å²) < 4.78 is 34.9. The number of ether oxygens (including phenoxy) is 1. The molecule has 1 amide bonds. The summed E-state index contributed by atoms with van der Waals surface area (Å²) in [4.78, 5) is 15.1. The van der Waals surface area contributed by atoms with Crippen LogP contribution >= 0.6 is 0 Å². The van der Waals surface area contributed by atoms with Crippen LogP contribution in [0.1, 0.15) is 34.0 Å². The molecule has 1 heterocycles. The highest BCUT2D eigenvalue weighted by atomic mass is 32.2. The quantitative estimate of drug-likeness (QED) is 0.611. The van der Waals surface area contributed by atoms with Crippen LogP contribution in [0.2, 0.25) is 0 Å². The van der Waals surface area contributed by atoms with Gasteiger partial charge in [0.15, 0.2) is 5.75 Å². The number of benzene rings is 3. The molecule has 0 saturated carbocycles. The van der Waals surface area contributed by atoms with Gasteiger partial charge in [0, 0.05) is 12.2 Å². The normalized spacial score (nSPS) is 13.2. The van der Waals surface area contributed by atoms with E-state index in [9.17, 15) is 13.2 Å². The maximum atomic E-state index is 13.2. The van der Waals surface area contributed by atoms with Gasteiger partial charge >= 0.3 is 0 Å². The van der Waals surface area contributed by atoms with Crippen LogP contribution in [-0.4, -0.2) is 20.9 Å². The van der Waals surface area contributed by atoms with Crippen molar-refractivity contribution in [3.63, 3.8) is 0 Å². The number of amides is 1. The summed E-state index contributed by atoms with van der Waals surface area (Å²) in [6.45, 7) is 7.82. The van der Waals surface area contributed by atoms with E-state index in [4.69, 9.17) is 4.74 Å². The fourth-order valence-electron chi connectivity index (χ4n) is 4.10. The Morgan fingerprint density at radius 2 is 1.61 bits per heavy atom. The van der Waals surface area contributed by atoms with Crippen LogP contribution in [0.25, 0.3) is 0 Å². The first-order valence-corrected chi connectivity index (χ1v) is 11.5. The number of hydrogen-bond donors (Lipinski definition) is 1. The molecule has 1 aliphatic heterocycles. The zero-order valence-electron chi connectivity index (χ0n) is 17.9. The number of carbonyl (C=O) groups is 1. The molecule has 1 N–H and O–H groups in total. The number of rotatable bonds is 4. The molecule has 0 atom stereocenters. The zero-order chi connectivity index (χ0) is 22.3. The van der Waals surface area contributed by atoms with E-state index in [-0.39, 0.29) is 10.8 Å². The van der Waals surface area contributed by atoms with Gasteiger partial charge in [0.2, 0.25) is 0 Å². The van der Waals surface area contributed by atoms with E-state index in [2.05, 4.69) is 4.72 Å². The first-order valence-electron chi connectivity index (χ1n) is 10.0. The minimum absolute atomic E-state index is 0.244. The second-order valence-corrected chi connectivity index (χ2v) is 9.28. The smallest absolute Gasteiger partial charge is 0.262 e. The van der Waals surface area contributed by atoms with Crippen LogP contribution < -0.4 is 14.4 Å². The second-order valence-electron chi connectivity index (χ2n) is 7.66. The topological polar surface area (TPSA) is 75.7 Å². The van der Waals surface area contributed by atoms with Gasteiger partial charge in [0.05, 0.1) is 16.1 Å². The van der Waals surface area contributed by atoms with E-state index >= 15 is 0 Å². The molecule has 0 aliphatic carbocycles. The Morgan fingerprint density at radius 3 is 2.29 bits per heavy atom. The van der Waals surface area contributed by atoms with E-state index in [0.29, 0.717) is 46.1 Å². The predicted molar refractivity (Wildman–Crippen MR) is 122 cm³/mol. The lowest BCUT2D eigenvalue weighted by molar-refractivity contribution is 0.0988. The van der Waals surface area contributed by atoms with Gasteiger partial charge in [-0.05, 0) is 69.2 Å². The fourth-order valence-corrected chi connectivity index (χ4v) is 5.61. The van der Waals surface area contributed by atoms with E-state index in [1.807, 2.05) is 44.2 Å². The highest BCUT2D eigenvalue weighted by Gasteiger charge is 2.28. The summed E-state index contributed by atoms with van der Waals surface area (Å²) in [5.74, 6) is 0.723. The van der Waals surface area contributed by atoms with Gasteiger partial charge in [-0.1, -0.05) is 29.8 Å². The van der Waals surface area contributed by atoms with Crippen molar-refractivity contribution in [2.75, 3.05) is 16.2 Å². The molecule has 3 aromatic carbocycles. The summed E-state index contributed by atoms with van der Waals surface area (Å²) >= 11 is 0. The molecule has 0 saturated heterocycles. The Labute approximate surface area is 182 Å². The van der Waals surface area contributed by atoms with Gasteiger partial charge in [-0.2, -0.15) is 0 Å². The molecule has 0 bridgehead atoms. The summed E-state index contributed by atoms with van der Waals surface area (Å²) in [5, 5.41) is 0. The van der Waals surface area contributed by atoms with E-state index in [0.717, 1.165) is 5.56 Å². The average Bonchev–Trinajstić information content (AvgIpc) is 2.80. The molecular weight excluding hydrogens is 412 g/mol. The Morgan fingerprint density at radius 1 is 0.935 bits per heavy atom. The molecule has 6 nitrogen and oxygen atoms in total. The van der Waals surface area contributed by atoms with Gasteiger partial charge in [-0.15, -0.1) is 0 Å². The molecule has 0 aromatic heterocycles. The Balaban J connectivity index is 1.75. The molecule has 0 unspecified atom stereocenters. The third-order valence-electron chi connectivity index (χ3n) is 5.27. The van der Waals surface area contributed by atoms with Gasteiger partial charge in [-0.25, -0.2) is 8.42 Å². The van der Waals surface area contributed by atoms with Crippen molar-refractivity contribution in [2.24, 2.45) is 0 Å². The van der Waals surface area contributed by atoms with Crippen LogP contribution in [-0.2, 0) is 10.0 Å². The molecule has 4 rings (SSSR count). The number of aryl methyl sites for hydroxylation is 3. The summed E-state index contributed by atoms with van der Waals surface area (Å²) in [6, 6.07) is 15.8.